The second kappa shape index (κ2) is 5.02. The van der Waals surface area contributed by atoms with Gasteiger partial charge in [-0.2, -0.15) is 0 Å². The molecule has 21 heavy (non-hydrogen) atoms. The molecule has 0 aliphatic rings. The van der Waals surface area contributed by atoms with Gasteiger partial charge in [-0.1, -0.05) is 35.9 Å². The van der Waals surface area contributed by atoms with Crippen LogP contribution in [0.2, 0.25) is 0 Å². The van der Waals surface area contributed by atoms with Crippen LogP contribution in [0.25, 0.3) is 10.9 Å². The number of rotatable bonds is 3. The molecular formula is C16H15NO3S. The Hall–Kier alpha value is -2.11. The molecule has 5 heteroatoms. The first-order valence-corrected chi connectivity index (χ1v) is 8.00. The number of para-hydroxylation sites is 1. The molecule has 1 N–H and O–H groups in total. The molecule has 0 bridgehead atoms. The number of nitrogens with zero attached hydrogens (tertiary/aromatic N) is 1. The van der Waals surface area contributed by atoms with Gasteiger partial charge in [-0.25, -0.2) is 12.4 Å². The van der Waals surface area contributed by atoms with Gasteiger partial charge in [0.1, 0.15) is 0 Å². The van der Waals surface area contributed by atoms with E-state index in [4.69, 9.17) is 0 Å². The normalized spacial score (nSPS) is 11.9. The smallest absolute Gasteiger partial charge is 0.268 e. The van der Waals surface area contributed by atoms with Gasteiger partial charge >= 0.3 is 0 Å². The van der Waals surface area contributed by atoms with Crippen LogP contribution < -0.4 is 0 Å². The second-order valence-electron chi connectivity index (χ2n) is 4.94. The minimum Gasteiger partial charge on any atom is -0.390 e. The lowest BCUT2D eigenvalue weighted by molar-refractivity contribution is 0.276. The summed E-state index contributed by atoms with van der Waals surface area (Å²) in [6, 6.07) is 15.6. The number of aromatic nitrogens is 1. The lowest BCUT2D eigenvalue weighted by Crippen LogP contribution is -2.15. The van der Waals surface area contributed by atoms with E-state index < -0.39 is 10.0 Å². The monoisotopic (exact) mass is 301 g/mol. The second-order valence-corrected chi connectivity index (χ2v) is 6.72. The van der Waals surface area contributed by atoms with E-state index in [9.17, 15) is 13.5 Å². The Labute approximate surface area is 123 Å². The van der Waals surface area contributed by atoms with E-state index in [0.29, 0.717) is 11.2 Å². The van der Waals surface area contributed by atoms with E-state index >= 15 is 0 Å². The number of hydrogen-bond donors (Lipinski definition) is 1. The van der Waals surface area contributed by atoms with Gasteiger partial charge in [0.25, 0.3) is 10.0 Å². The molecule has 0 aliphatic heterocycles. The van der Waals surface area contributed by atoms with E-state index in [1.54, 1.807) is 42.5 Å². The Balaban J connectivity index is 2.30. The summed E-state index contributed by atoms with van der Waals surface area (Å²) in [6.45, 7) is 1.57. The average molecular weight is 301 g/mol. The Morgan fingerprint density at radius 2 is 1.71 bits per heavy atom. The molecule has 0 radical (unpaired) electrons. The van der Waals surface area contributed by atoms with Crippen molar-refractivity contribution in [2.45, 2.75) is 18.4 Å². The fraction of sp³-hybridized carbons (Fsp3) is 0.125. The SMILES string of the molecule is Cc1ccc(S(=O)(=O)n2c(CO)cc3ccccc32)cc1. The fourth-order valence-electron chi connectivity index (χ4n) is 2.40. The van der Waals surface area contributed by atoms with Crippen molar-refractivity contribution in [3.63, 3.8) is 0 Å². The summed E-state index contributed by atoms with van der Waals surface area (Å²) in [5.41, 5.74) is 1.92. The van der Waals surface area contributed by atoms with E-state index in [2.05, 4.69) is 0 Å². The molecule has 0 saturated heterocycles. The molecule has 0 unspecified atom stereocenters. The van der Waals surface area contributed by atoms with Crippen LogP contribution in [-0.2, 0) is 16.6 Å². The molecule has 3 rings (SSSR count). The third-order valence-corrected chi connectivity index (χ3v) is 5.24. The number of aryl methyl sites for hydroxylation is 1. The summed E-state index contributed by atoms with van der Waals surface area (Å²) < 4.78 is 26.9. The maximum Gasteiger partial charge on any atom is 0.268 e. The molecular weight excluding hydrogens is 286 g/mol. The summed E-state index contributed by atoms with van der Waals surface area (Å²) in [7, 11) is -3.73. The highest BCUT2D eigenvalue weighted by atomic mass is 32.2. The lowest BCUT2D eigenvalue weighted by Gasteiger charge is -2.11. The molecule has 0 fully saturated rings. The Morgan fingerprint density at radius 3 is 2.38 bits per heavy atom. The maximum absolute atomic E-state index is 12.9. The molecule has 0 spiro atoms. The summed E-state index contributed by atoms with van der Waals surface area (Å²) in [5, 5.41) is 10.3. The fourth-order valence-corrected chi connectivity index (χ4v) is 3.93. The van der Waals surface area contributed by atoms with Crippen molar-refractivity contribution in [1.82, 2.24) is 3.97 Å². The molecule has 0 saturated carbocycles. The topological polar surface area (TPSA) is 59.3 Å². The van der Waals surface area contributed by atoms with Crippen LogP contribution in [-0.4, -0.2) is 17.5 Å². The van der Waals surface area contributed by atoms with Gasteiger partial charge in [-0.15, -0.1) is 0 Å². The summed E-state index contributed by atoms with van der Waals surface area (Å²) >= 11 is 0. The summed E-state index contributed by atoms with van der Waals surface area (Å²) in [6.07, 6.45) is 0. The van der Waals surface area contributed by atoms with Crippen LogP contribution in [0.3, 0.4) is 0 Å². The first-order chi connectivity index (χ1) is 10.0. The Morgan fingerprint density at radius 1 is 1.05 bits per heavy atom. The van der Waals surface area contributed by atoms with E-state index in [1.807, 2.05) is 19.1 Å². The van der Waals surface area contributed by atoms with Crippen LogP contribution in [0.1, 0.15) is 11.3 Å². The molecule has 3 aromatic rings. The van der Waals surface area contributed by atoms with Crippen LogP contribution in [0.15, 0.2) is 59.5 Å². The van der Waals surface area contributed by atoms with Gasteiger partial charge in [0.2, 0.25) is 0 Å². The predicted octanol–water partition coefficient (Wildman–Crippen LogP) is 2.68. The third kappa shape index (κ3) is 2.24. The minimum absolute atomic E-state index is 0.212. The van der Waals surface area contributed by atoms with E-state index in [-0.39, 0.29) is 11.5 Å². The van der Waals surface area contributed by atoms with Gasteiger partial charge in [-0.3, -0.25) is 0 Å². The van der Waals surface area contributed by atoms with Gasteiger partial charge in [0, 0.05) is 5.39 Å². The predicted molar refractivity (Wildman–Crippen MR) is 81.6 cm³/mol. The molecule has 0 aliphatic carbocycles. The van der Waals surface area contributed by atoms with Crippen molar-refractivity contribution in [1.29, 1.82) is 0 Å². The van der Waals surface area contributed by atoms with Crippen LogP contribution in [0, 0.1) is 6.92 Å². The highest BCUT2D eigenvalue weighted by Crippen LogP contribution is 2.25. The molecule has 1 aromatic heterocycles. The first kappa shape index (κ1) is 13.9. The number of hydrogen-bond acceptors (Lipinski definition) is 3. The van der Waals surface area contributed by atoms with Crippen molar-refractivity contribution in [2.75, 3.05) is 0 Å². The van der Waals surface area contributed by atoms with Crippen molar-refractivity contribution in [2.24, 2.45) is 0 Å². The Kier molecular flexibility index (Phi) is 3.31. The summed E-state index contributed by atoms with van der Waals surface area (Å²) in [4.78, 5) is 0.212. The molecule has 2 aromatic carbocycles. The standard InChI is InChI=1S/C16H15NO3S/c1-12-6-8-15(9-7-12)21(19,20)17-14(11-18)10-13-4-2-3-5-16(13)17/h2-10,18H,11H2,1H3. The quantitative estimate of drug-likeness (QED) is 0.809. The number of fused-ring (bicyclic) bond motifs is 1. The van der Waals surface area contributed by atoms with Crippen LogP contribution in [0.4, 0.5) is 0 Å². The summed E-state index contributed by atoms with van der Waals surface area (Å²) in [5.74, 6) is 0. The average Bonchev–Trinajstić information content (AvgIpc) is 2.87. The van der Waals surface area contributed by atoms with Gasteiger partial charge in [0.15, 0.2) is 0 Å². The molecule has 0 amide bonds. The van der Waals surface area contributed by atoms with Gasteiger partial charge in [0.05, 0.1) is 22.7 Å². The third-order valence-electron chi connectivity index (χ3n) is 3.46. The van der Waals surface area contributed by atoms with Crippen molar-refractivity contribution >= 4 is 20.9 Å². The highest BCUT2D eigenvalue weighted by molar-refractivity contribution is 7.90. The molecule has 1 heterocycles. The largest absolute Gasteiger partial charge is 0.390 e. The van der Waals surface area contributed by atoms with Gasteiger partial charge in [-0.05, 0) is 31.2 Å². The minimum atomic E-state index is -3.73. The number of benzene rings is 2. The molecule has 4 nitrogen and oxygen atoms in total. The number of aliphatic hydroxyl groups is 1. The maximum atomic E-state index is 12.9. The van der Waals surface area contributed by atoms with E-state index in [1.165, 1.54) is 3.97 Å². The van der Waals surface area contributed by atoms with Crippen molar-refractivity contribution in [3.05, 3.63) is 65.9 Å². The highest BCUT2D eigenvalue weighted by Gasteiger charge is 2.22. The zero-order chi connectivity index (χ0) is 15.0. The first-order valence-electron chi connectivity index (χ1n) is 6.56. The van der Waals surface area contributed by atoms with Crippen molar-refractivity contribution in [3.8, 4) is 0 Å². The molecule has 0 atom stereocenters. The Bertz CT molecular complexity index is 893. The van der Waals surface area contributed by atoms with Crippen LogP contribution >= 0.6 is 0 Å². The number of aliphatic hydroxyl groups excluding tert-OH is 1. The van der Waals surface area contributed by atoms with Gasteiger partial charge < -0.3 is 5.11 Å². The zero-order valence-corrected chi connectivity index (χ0v) is 12.3. The van der Waals surface area contributed by atoms with Crippen LogP contribution in [0.5, 0.6) is 0 Å². The molecule has 108 valence electrons. The van der Waals surface area contributed by atoms with E-state index in [0.717, 1.165) is 10.9 Å². The van der Waals surface area contributed by atoms with Crippen molar-refractivity contribution < 1.29 is 13.5 Å². The zero-order valence-electron chi connectivity index (χ0n) is 11.5. The lowest BCUT2D eigenvalue weighted by atomic mass is 10.2.